The molecule has 1 aliphatic carbocycles. The molecule has 0 amide bonds. The Balaban J connectivity index is 2.30. The van der Waals surface area contributed by atoms with Gasteiger partial charge < -0.3 is 4.74 Å². The molecule has 0 spiro atoms. The fourth-order valence-electron chi connectivity index (χ4n) is 2.01. The minimum absolute atomic E-state index is 0.219. The van der Waals surface area contributed by atoms with E-state index in [2.05, 4.69) is 4.74 Å². The standard InChI is InChI=1S/C11H11NO4/c1-16-10(13)11(12(14)15)7-9(11)8-5-3-2-4-6-8/h2-6,9H,7H2,1H3. The van der Waals surface area contributed by atoms with E-state index in [0.29, 0.717) is 0 Å². The van der Waals surface area contributed by atoms with Gasteiger partial charge in [0.25, 0.3) is 0 Å². The number of methoxy groups -OCH3 is 1. The van der Waals surface area contributed by atoms with Crippen LogP contribution in [0.25, 0.3) is 0 Å². The van der Waals surface area contributed by atoms with Crippen LogP contribution in [0.2, 0.25) is 0 Å². The minimum atomic E-state index is -1.56. The van der Waals surface area contributed by atoms with E-state index in [1.54, 1.807) is 24.3 Å². The molecule has 0 heterocycles. The zero-order valence-electron chi connectivity index (χ0n) is 8.75. The van der Waals surface area contributed by atoms with E-state index in [9.17, 15) is 14.9 Å². The second kappa shape index (κ2) is 3.59. The number of hydrogen-bond donors (Lipinski definition) is 0. The summed E-state index contributed by atoms with van der Waals surface area (Å²) in [5.41, 5.74) is -0.750. The summed E-state index contributed by atoms with van der Waals surface area (Å²) in [7, 11) is 1.17. The summed E-state index contributed by atoms with van der Waals surface area (Å²) in [6.07, 6.45) is 0.219. The van der Waals surface area contributed by atoms with Gasteiger partial charge in [-0.15, -0.1) is 0 Å². The molecule has 2 rings (SSSR count). The number of hydrogen-bond acceptors (Lipinski definition) is 4. The van der Waals surface area contributed by atoms with Crippen molar-refractivity contribution in [3.63, 3.8) is 0 Å². The van der Waals surface area contributed by atoms with Crippen LogP contribution in [-0.4, -0.2) is 23.5 Å². The Kier molecular flexibility index (Phi) is 2.38. The van der Waals surface area contributed by atoms with Crippen molar-refractivity contribution in [1.29, 1.82) is 0 Å². The molecule has 84 valence electrons. The normalized spacial score (nSPS) is 27.2. The molecular formula is C11H11NO4. The lowest BCUT2D eigenvalue weighted by Gasteiger charge is -2.06. The lowest BCUT2D eigenvalue weighted by molar-refractivity contribution is -0.526. The third-order valence-electron chi connectivity index (χ3n) is 3.00. The highest BCUT2D eigenvalue weighted by atomic mass is 16.6. The summed E-state index contributed by atoms with van der Waals surface area (Å²) in [6.45, 7) is 0. The Bertz CT molecular complexity index is 431. The van der Waals surface area contributed by atoms with Crippen molar-refractivity contribution in [3.05, 3.63) is 46.0 Å². The summed E-state index contributed by atoms with van der Waals surface area (Å²) < 4.78 is 4.51. The van der Waals surface area contributed by atoms with Crippen molar-refractivity contribution in [1.82, 2.24) is 0 Å². The van der Waals surface area contributed by atoms with Gasteiger partial charge in [-0.1, -0.05) is 30.3 Å². The molecule has 0 aromatic heterocycles. The van der Waals surface area contributed by atoms with Crippen LogP contribution in [0.4, 0.5) is 0 Å². The third kappa shape index (κ3) is 1.36. The van der Waals surface area contributed by atoms with Crippen LogP contribution >= 0.6 is 0 Å². The zero-order valence-corrected chi connectivity index (χ0v) is 8.75. The first-order valence-electron chi connectivity index (χ1n) is 4.91. The van der Waals surface area contributed by atoms with Crippen molar-refractivity contribution in [2.24, 2.45) is 0 Å². The lowest BCUT2D eigenvalue weighted by Crippen LogP contribution is -2.34. The van der Waals surface area contributed by atoms with Crippen molar-refractivity contribution >= 4 is 5.97 Å². The van der Waals surface area contributed by atoms with E-state index in [1.807, 2.05) is 6.07 Å². The molecule has 16 heavy (non-hydrogen) atoms. The summed E-state index contributed by atoms with van der Waals surface area (Å²) in [4.78, 5) is 21.9. The fraction of sp³-hybridized carbons (Fsp3) is 0.364. The van der Waals surface area contributed by atoms with Crippen LogP contribution in [-0.2, 0) is 9.53 Å². The molecule has 0 radical (unpaired) electrons. The van der Waals surface area contributed by atoms with Crippen LogP contribution in [0.3, 0.4) is 0 Å². The average molecular weight is 221 g/mol. The Labute approximate surface area is 92.2 Å². The van der Waals surface area contributed by atoms with Gasteiger partial charge in [0, 0.05) is 11.3 Å². The molecule has 0 bridgehead atoms. The van der Waals surface area contributed by atoms with Crippen molar-refractivity contribution in [2.45, 2.75) is 17.9 Å². The maximum Gasteiger partial charge on any atom is 0.385 e. The van der Waals surface area contributed by atoms with Gasteiger partial charge >= 0.3 is 11.5 Å². The van der Waals surface area contributed by atoms with E-state index < -0.39 is 16.4 Å². The van der Waals surface area contributed by atoms with E-state index in [4.69, 9.17) is 0 Å². The number of nitro groups is 1. The summed E-state index contributed by atoms with van der Waals surface area (Å²) in [6, 6.07) is 9.01. The first-order chi connectivity index (χ1) is 7.63. The van der Waals surface area contributed by atoms with Gasteiger partial charge in [-0.05, 0) is 5.56 Å². The van der Waals surface area contributed by atoms with E-state index in [1.165, 1.54) is 7.11 Å². The molecule has 0 saturated heterocycles. The number of benzene rings is 1. The Hall–Kier alpha value is -1.91. The number of esters is 1. The molecule has 1 saturated carbocycles. The van der Waals surface area contributed by atoms with Crippen LogP contribution in [0, 0.1) is 10.1 Å². The second-order valence-corrected chi connectivity index (χ2v) is 3.84. The van der Waals surface area contributed by atoms with Gasteiger partial charge in [0.05, 0.1) is 13.0 Å². The molecule has 0 aliphatic heterocycles. The molecule has 1 aromatic carbocycles. The molecule has 1 fully saturated rings. The predicted octanol–water partition coefficient (Wildman–Crippen LogP) is 1.36. The molecule has 2 atom stereocenters. The van der Waals surface area contributed by atoms with Crippen molar-refractivity contribution < 1.29 is 14.5 Å². The van der Waals surface area contributed by atoms with Gasteiger partial charge in [-0.25, -0.2) is 4.79 Å². The molecule has 5 heteroatoms. The van der Waals surface area contributed by atoms with Gasteiger partial charge in [0.1, 0.15) is 0 Å². The Morgan fingerprint density at radius 2 is 2.12 bits per heavy atom. The average Bonchev–Trinajstić information content (AvgIpc) is 3.06. The molecule has 0 N–H and O–H groups in total. The highest BCUT2D eigenvalue weighted by Crippen LogP contribution is 2.54. The van der Waals surface area contributed by atoms with Crippen LogP contribution in [0.15, 0.2) is 30.3 Å². The minimum Gasteiger partial charge on any atom is -0.464 e. The quantitative estimate of drug-likeness (QED) is 0.439. The maximum absolute atomic E-state index is 11.5. The SMILES string of the molecule is COC(=O)C1([N+](=O)[O-])CC1c1ccccc1. The maximum atomic E-state index is 11.5. The number of ether oxygens (including phenoxy) is 1. The molecular weight excluding hydrogens is 210 g/mol. The second-order valence-electron chi connectivity index (χ2n) is 3.84. The van der Waals surface area contributed by atoms with Gasteiger partial charge in [-0.3, -0.25) is 10.1 Å². The van der Waals surface area contributed by atoms with E-state index in [0.717, 1.165) is 5.56 Å². The molecule has 5 nitrogen and oxygen atoms in total. The zero-order chi connectivity index (χ0) is 11.8. The molecule has 1 aliphatic rings. The third-order valence-corrected chi connectivity index (χ3v) is 3.00. The highest BCUT2D eigenvalue weighted by Gasteiger charge is 2.73. The fourth-order valence-corrected chi connectivity index (χ4v) is 2.01. The Morgan fingerprint density at radius 1 is 1.50 bits per heavy atom. The Morgan fingerprint density at radius 3 is 2.62 bits per heavy atom. The topological polar surface area (TPSA) is 69.4 Å². The van der Waals surface area contributed by atoms with Gasteiger partial charge in [-0.2, -0.15) is 0 Å². The number of nitrogens with zero attached hydrogens (tertiary/aromatic N) is 1. The van der Waals surface area contributed by atoms with Crippen LogP contribution < -0.4 is 0 Å². The smallest absolute Gasteiger partial charge is 0.385 e. The van der Waals surface area contributed by atoms with E-state index in [-0.39, 0.29) is 12.3 Å². The van der Waals surface area contributed by atoms with E-state index >= 15 is 0 Å². The number of carbonyl (C=O) groups excluding carboxylic acids is 1. The summed E-state index contributed by atoms with van der Waals surface area (Å²) in [5.74, 6) is -1.12. The lowest BCUT2D eigenvalue weighted by atomic mass is 10.1. The monoisotopic (exact) mass is 221 g/mol. The molecule has 1 aromatic rings. The van der Waals surface area contributed by atoms with Crippen LogP contribution in [0.5, 0.6) is 0 Å². The predicted molar refractivity (Wildman–Crippen MR) is 55.5 cm³/mol. The van der Waals surface area contributed by atoms with Gasteiger partial charge in [0.15, 0.2) is 0 Å². The summed E-state index contributed by atoms with van der Waals surface area (Å²) in [5, 5.41) is 11.0. The van der Waals surface area contributed by atoms with Crippen LogP contribution in [0.1, 0.15) is 17.9 Å². The largest absolute Gasteiger partial charge is 0.464 e. The number of rotatable bonds is 3. The highest BCUT2D eigenvalue weighted by molar-refractivity contribution is 5.85. The molecule has 2 unspecified atom stereocenters. The van der Waals surface area contributed by atoms with Crippen molar-refractivity contribution in [3.8, 4) is 0 Å². The first kappa shape index (κ1) is 10.6. The van der Waals surface area contributed by atoms with Gasteiger partial charge in [0.2, 0.25) is 0 Å². The first-order valence-corrected chi connectivity index (χ1v) is 4.91. The van der Waals surface area contributed by atoms with Crippen molar-refractivity contribution in [2.75, 3.05) is 7.11 Å². The summed E-state index contributed by atoms with van der Waals surface area (Å²) >= 11 is 0. The number of carbonyl (C=O) groups is 1.